The van der Waals surface area contributed by atoms with Gasteiger partial charge in [-0.3, -0.25) is 4.98 Å². The van der Waals surface area contributed by atoms with E-state index >= 15 is 0 Å². The molecular weight excluding hydrogens is 510 g/mol. The van der Waals surface area contributed by atoms with Crippen molar-refractivity contribution in [1.82, 2.24) is 15.0 Å². The third kappa shape index (κ3) is 6.14. The summed E-state index contributed by atoms with van der Waals surface area (Å²) in [5, 5.41) is 12.2. The second-order valence-electron chi connectivity index (χ2n) is 15.8. The van der Waals surface area contributed by atoms with E-state index in [0.717, 1.165) is 60.4 Å². The molecule has 2 aromatic heterocycles. The zero-order valence-electron chi connectivity index (χ0n) is 27.2. The van der Waals surface area contributed by atoms with Crippen LogP contribution in [0.5, 0.6) is 0 Å². The summed E-state index contributed by atoms with van der Waals surface area (Å²) in [6.07, 6.45) is 10.2. The van der Waals surface area contributed by atoms with Crippen molar-refractivity contribution in [3.05, 3.63) is 57.9 Å². The maximum absolute atomic E-state index is 12.1. The predicted octanol–water partition coefficient (Wildman–Crippen LogP) is 8.98. The molecule has 6 heteroatoms. The third-order valence-electron chi connectivity index (χ3n) is 9.17. The van der Waals surface area contributed by atoms with Gasteiger partial charge in [0.25, 0.3) is 0 Å². The van der Waals surface area contributed by atoms with Gasteiger partial charge in [-0.15, -0.1) is 0 Å². The minimum Gasteiger partial charge on any atom is -0.410 e. The highest BCUT2D eigenvalue weighted by atomic mass is 28.4. The second kappa shape index (κ2) is 10.7. The van der Waals surface area contributed by atoms with E-state index in [-0.39, 0.29) is 27.9 Å². The lowest BCUT2D eigenvalue weighted by atomic mass is 9.71. The molecule has 2 aliphatic rings. The van der Waals surface area contributed by atoms with Gasteiger partial charge in [0.1, 0.15) is 11.9 Å². The summed E-state index contributed by atoms with van der Waals surface area (Å²) in [6.45, 7) is 27.0. The van der Waals surface area contributed by atoms with E-state index in [4.69, 9.17) is 9.41 Å². The molecule has 220 valence electrons. The van der Waals surface area contributed by atoms with Crippen LogP contribution >= 0.6 is 0 Å². The minimum atomic E-state index is -2.08. The van der Waals surface area contributed by atoms with Gasteiger partial charge >= 0.3 is 0 Å². The van der Waals surface area contributed by atoms with Crippen molar-refractivity contribution in [3.63, 3.8) is 0 Å². The smallest absolute Gasteiger partial charge is 0.192 e. The van der Waals surface area contributed by atoms with Gasteiger partial charge in [0.15, 0.2) is 8.32 Å². The minimum absolute atomic E-state index is 0.0460. The number of pyridine rings is 1. The molecule has 2 aromatic rings. The lowest BCUT2D eigenvalue weighted by Crippen LogP contribution is -2.44. The molecule has 0 saturated carbocycles. The molecule has 1 N–H and O–H groups in total. The van der Waals surface area contributed by atoms with Crippen molar-refractivity contribution < 1.29 is 9.53 Å². The monoisotopic (exact) mass is 563 g/mol. The van der Waals surface area contributed by atoms with E-state index in [1.165, 1.54) is 16.7 Å². The number of allylic oxidation sites excluding steroid dienone is 2. The van der Waals surface area contributed by atoms with Crippen molar-refractivity contribution in [1.29, 1.82) is 0 Å². The number of hydrogen-bond donors (Lipinski definition) is 1. The molecule has 0 saturated heterocycles. The van der Waals surface area contributed by atoms with Gasteiger partial charge in [-0.25, -0.2) is 9.97 Å². The number of aliphatic hydroxyl groups excluding tert-OH is 1. The van der Waals surface area contributed by atoms with Crippen LogP contribution in [0.4, 0.5) is 0 Å². The summed E-state index contributed by atoms with van der Waals surface area (Å²) in [4.78, 5) is 14.7. The molecule has 2 heterocycles. The standard InChI is InChI=1S/C34H53N3O2Si/c1-21(2)29-28(30(38)23-19-35-31(36-20-23)32(3,4)5)26(22-15-13-14-16-22)27-24(37-29)17-34(9,10)18-25(27)39-40(11,12)33(6,7)8/h15,19-21,25,30,38H,13-14,16-18H2,1-12H3/t25-,30-/m0/s1. The van der Waals surface area contributed by atoms with Crippen LogP contribution in [-0.2, 0) is 16.3 Å². The van der Waals surface area contributed by atoms with Crippen LogP contribution in [0.15, 0.2) is 18.5 Å². The zero-order valence-corrected chi connectivity index (χ0v) is 28.2. The maximum atomic E-state index is 12.1. The summed E-state index contributed by atoms with van der Waals surface area (Å²) < 4.78 is 7.26. The summed E-state index contributed by atoms with van der Waals surface area (Å²) in [5.41, 5.74) is 7.47. The van der Waals surface area contributed by atoms with Crippen LogP contribution in [0.1, 0.15) is 153 Å². The van der Waals surface area contributed by atoms with Crippen LogP contribution in [0, 0.1) is 5.41 Å². The van der Waals surface area contributed by atoms with E-state index < -0.39 is 14.4 Å². The Labute approximate surface area is 244 Å². The molecule has 0 unspecified atom stereocenters. The zero-order chi connectivity index (χ0) is 29.8. The largest absolute Gasteiger partial charge is 0.410 e. The molecule has 40 heavy (non-hydrogen) atoms. The molecule has 0 amide bonds. The average molecular weight is 564 g/mol. The number of rotatable bonds is 6. The maximum Gasteiger partial charge on any atom is 0.192 e. The Morgan fingerprint density at radius 2 is 1.68 bits per heavy atom. The fraction of sp³-hybridized carbons (Fsp3) is 0.676. The molecule has 0 radical (unpaired) electrons. The first kappa shape index (κ1) is 31.1. The van der Waals surface area contributed by atoms with Gasteiger partial charge in [0.05, 0.1) is 6.10 Å². The van der Waals surface area contributed by atoms with Crippen LogP contribution < -0.4 is 0 Å². The van der Waals surface area contributed by atoms with Crippen molar-refractivity contribution in [2.75, 3.05) is 0 Å². The molecule has 5 nitrogen and oxygen atoms in total. The topological polar surface area (TPSA) is 68.1 Å². The van der Waals surface area contributed by atoms with Crippen LogP contribution in [0.25, 0.3) is 5.57 Å². The Morgan fingerprint density at radius 1 is 1.05 bits per heavy atom. The first-order valence-corrected chi connectivity index (χ1v) is 18.2. The molecule has 0 bridgehead atoms. The molecule has 2 aliphatic carbocycles. The van der Waals surface area contributed by atoms with Gasteiger partial charge in [0.2, 0.25) is 0 Å². The normalized spacial score (nSPS) is 20.4. The quantitative estimate of drug-likeness (QED) is 0.355. The first-order chi connectivity index (χ1) is 18.3. The molecule has 0 fully saturated rings. The lowest BCUT2D eigenvalue weighted by Gasteiger charge is -2.45. The number of fused-ring (bicyclic) bond motifs is 1. The highest BCUT2D eigenvalue weighted by molar-refractivity contribution is 6.74. The highest BCUT2D eigenvalue weighted by Gasteiger charge is 2.45. The molecule has 2 atom stereocenters. The average Bonchev–Trinajstić information content (AvgIpc) is 3.35. The van der Waals surface area contributed by atoms with E-state index in [1.54, 1.807) is 12.4 Å². The third-order valence-corrected chi connectivity index (χ3v) is 13.7. The van der Waals surface area contributed by atoms with Crippen LogP contribution in [0.3, 0.4) is 0 Å². The number of aliphatic hydroxyl groups is 1. The Bertz CT molecular complexity index is 1260. The molecule has 0 aliphatic heterocycles. The van der Waals surface area contributed by atoms with E-state index in [9.17, 15) is 5.11 Å². The van der Waals surface area contributed by atoms with Gasteiger partial charge in [-0.1, -0.05) is 75.3 Å². The van der Waals surface area contributed by atoms with Crippen molar-refractivity contribution in [3.8, 4) is 0 Å². The van der Waals surface area contributed by atoms with Crippen LogP contribution in [0.2, 0.25) is 18.1 Å². The Balaban J connectivity index is 1.99. The van der Waals surface area contributed by atoms with Gasteiger partial charge in [-0.05, 0) is 72.7 Å². The Morgan fingerprint density at radius 3 is 2.17 bits per heavy atom. The lowest BCUT2D eigenvalue weighted by molar-refractivity contribution is 0.105. The first-order valence-electron chi connectivity index (χ1n) is 15.3. The Hall–Kier alpha value is -1.89. The fourth-order valence-corrected chi connectivity index (χ4v) is 7.19. The molecular formula is C34H53N3O2Si. The summed E-state index contributed by atoms with van der Waals surface area (Å²) >= 11 is 0. The van der Waals surface area contributed by atoms with Crippen molar-refractivity contribution in [2.24, 2.45) is 5.41 Å². The highest BCUT2D eigenvalue weighted by Crippen LogP contribution is 2.52. The SMILES string of the molecule is CC(C)c1nc2c(c(C3=CCCC3)c1[C@@H](O)c1cnc(C(C)(C)C)nc1)[C@@H](O[Si](C)(C)C(C)(C)C)CC(C)(C)C2. The summed E-state index contributed by atoms with van der Waals surface area (Å²) in [5.74, 6) is 0.940. The molecule has 4 rings (SSSR count). The van der Waals surface area contributed by atoms with Crippen LogP contribution in [-0.4, -0.2) is 28.4 Å². The van der Waals surface area contributed by atoms with Gasteiger partial charge < -0.3 is 9.53 Å². The summed E-state index contributed by atoms with van der Waals surface area (Å²) in [7, 11) is -2.08. The van der Waals surface area contributed by atoms with E-state index in [1.807, 2.05) is 0 Å². The second-order valence-corrected chi connectivity index (χ2v) is 20.6. The molecule has 0 aromatic carbocycles. The summed E-state index contributed by atoms with van der Waals surface area (Å²) in [6, 6.07) is 0. The number of nitrogens with zero attached hydrogens (tertiary/aromatic N) is 3. The van der Waals surface area contributed by atoms with E-state index in [2.05, 4.69) is 98.4 Å². The van der Waals surface area contributed by atoms with Gasteiger partial charge in [0, 0.05) is 45.9 Å². The van der Waals surface area contributed by atoms with E-state index in [0.29, 0.717) is 0 Å². The Kier molecular flexibility index (Phi) is 8.34. The van der Waals surface area contributed by atoms with Crippen molar-refractivity contribution >= 4 is 13.9 Å². The predicted molar refractivity (Wildman–Crippen MR) is 168 cm³/mol. The molecule has 0 spiro atoms. The number of aromatic nitrogens is 3. The fourth-order valence-electron chi connectivity index (χ4n) is 5.92. The number of hydrogen-bond acceptors (Lipinski definition) is 5. The van der Waals surface area contributed by atoms with Gasteiger partial charge in [-0.2, -0.15) is 0 Å². The van der Waals surface area contributed by atoms with Crippen molar-refractivity contribution in [2.45, 2.75) is 143 Å².